The van der Waals surface area contributed by atoms with Crippen LogP contribution in [0.2, 0.25) is 0 Å². The number of rotatable bonds is 5. The van der Waals surface area contributed by atoms with E-state index in [-0.39, 0.29) is 15.2 Å². The van der Waals surface area contributed by atoms with E-state index >= 15 is 0 Å². The summed E-state index contributed by atoms with van der Waals surface area (Å²) in [6, 6.07) is 0. The Balaban J connectivity index is 0.00000141. The second-order valence-corrected chi connectivity index (χ2v) is 10.6. The van der Waals surface area contributed by atoms with Crippen molar-refractivity contribution < 1.29 is 13.9 Å². The van der Waals surface area contributed by atoms with Gasteiger partial charge in [-0.1, -0.05) is 13.8 Å². The minimum absolute atomic E-state index is 0.0354. The summed E-state index contributed by atoms with van der Waals surface area (Å²) < 4.78 is 20.3. The first-order valence-electron chi connectivity index (χ1n) is 10.8. The van der Waals surface area contributed by atoms with Crippen LogP contribution >= 0.6 is 27.3 Å². The molecule has 0 aromatic carbocycles. The maximum absolute atomic E-state index is 11.8. The molecule has 178 valence electrons. The molecule has 32 heavy (non-hydrogen) atoms. The van der Waals surface area contributed by atoms with Crippen LogP contribution in [0.1, 0.15) is 24.3 Å². The van der Waals surface area contributed by atoms with Crippen LogP contribution in [0.25, 0.3) is 10.1 Å². The Morgan fingerprint density at radius 3 is 2.38 bits per heavy atom. The number of aromatic nitrogens is 1. The van der Waals surface area contributed by atoms with E-state index in [0.29, 0.717) is 18.6 Å². The highest BCUT2D eigenvalue weighted by Crippen LogP contribution is 2.45. The molecule has 2 fully saturated rings. The van der Waals surface area contributed by atoms with E-state index in [1.807, 2.05) is 25.1 Å². The third-order valence-corrected chi connectivity index (χ3v) is 8.56. The van der Waals surface area contributed by atoms with E-state index in [4.69, 9.17) is 4.74 Å². The molecule has 2 aliphatic heterocycles. The molecule has 2 aromatic heterocycles. The maximum Gasteiger partial charge on any atom is 0.310 e. The lowest BCUT2D eigenvalue weighted by molar-refractivity contribution is -0.384. The SMILES string of the molecule is CC.Cc1c(CN2CCN(S(C)=O)CC2)sc2c(N3CCOCC3)nc(Br)c([N+](=O)[O-])c12. The van der Waals surface area contributed by atoms with Crippen LogP contribution in [0.3, 0.4) is 0 Å². The monoisotopic (exact) mass is 547 g/mol. The second kappa shape index (κ2) is 11.3. The fraction of sp³-hybridized carbons (Fsp3) is 0.650. The fourth-order valence-corrected chi connectivity index (χ4v) is 6.51. The predicted octanol–water partition coefficient (Wildman–Crippen LogP) is 3.55. The molecule has 2 aromatic rings. The summed E-state index contributed by atoms with van der Waals surface area (Å²) in [7, 11) is -0.942. The van der Waals surface area contributed by atoms with Crippen LogP contribution < -0.4 is 4.90 Å². The van der Waals surface area contributed by atoms with Crippen LogP contribution in [0.15, 0.2) is 4.60 Å². The van der Waals surface area contributed by atoms with Crippen molar-refractivity contribution in [2.24, 2.45) is 0 Å². The molecule has 0 bridgehead atoms. The number of pyridine rings is 1. The van der Waals surface area contributed by atoms with Crippen molar-refractivity contribution in [3.63, 3.8) is 0 Å². The number of piperazine rings is 1. The Morgan fingerprint density at radius 2 is 1.81 bits per heavy atom. The third-order valence-electron chi connectivity index (χ3n) is 5.64. The van der Waals surface area contributed by atoms with Gasteiger partial charge in [0.15, 0.2) is 4.60 Å². The van der Waals surface area contributed by atoms with E-state index in [0.717, 1.165) is 66.8 Å². The van der Waals surface area contributed by atoms with Gasteiger partial charge in [-0.3, -0.25) is 15.0 Å². The average Bonchev–Trinajstić information content (AvgIpc) is 3.11. The van der Waals surface area contributed by atoms with Gasteiger partial charge in [-0.2, -0.15) is 0 Å². The zero-order chi connectivity index (χ0) is 23.4. The van der Waals surface area contributed by atoms with Gasteiger partial charge in [-0.25, -0.2) is 13.5 Å². The number of aryl methyl sites for hydroxylation is 1. The summed E-state index contributed by atoms with van der Waals surface area (Å²) in [5.74, 6) is 0.788. The van der Waals surface area contributed by atoms with Crippen molar-refractivity contribution >= 4 is 59.8 Å². The summed E-state index contributed by atoms with van der Waals surface area (Å²) in [6.45, 7) is 12.6. The van der Waals surface area contributed by atoms with Gasteiger partial charge in [0.1, 0.15) is 5.82 Å². The molecule has 2 saturated heterocycles. The summed E-state index contributed by atoms with van der Waals surface area (Å²) >= 11 is 4.95. The van der Waals surface area contributed by atoms with Gasteiger partial charge in [0.05, 0.1) is 39.2 Å². The Hall–Kier alpha value is -1.18. The van der Waals surface area contributed by atoms with Crippen molar-refractivity contribution in [2.45, 2.75) is 27.3 Å². The maximum atomic E-state index is 11.8. The standard InChI is InChI=1S/C18H24BrN5O4S2.C2H6/c1-12-13(11-21-3-5-23(6-4-21)30(2)27)29-16-14(12)15(24(25)26)17(19)20-18(16)22-7-9-28-10-8-22;1-2/h3-11H2,1-2H3;1-2H3. The van der Waals surface area contributed by atoms with Crippen LogP contribution in [-0.2, 0) is 22.3 Å². The van der Waals surface area contributed by atoms with Gasteiger partial charge in [0.25, 0.3) is 0 Å². The molecular weight excluding hydrogens is 518 g/mol. The number of ether oxygens (including phenoxy) is 1. The first-order chi connectivity index (χ1) is 15.4. The molecule has 0 saturated carbocycles. The summed E-state index contributed by atoms with van der Waals surface area (Å²) in [4.78, 5) is 21.7. The number of fused-ring (bicyclic) bond motifs is 1. The largest absolute Gasteiger partial charge is 0.378 e. The van der Waals surface area contributed by atoms with E-state index in [9.17, 15) is 14.3 Å². The van der Waals surface area contributed by atoms with Gasteiger partial charge in [0, 0.05) is 56.9 Å². The Labute approximate surface area is 203 Å². The first-order valence-corrected chi connectivity index (χ1v) is 13.9. The lowest BCUT2D eigenvalue weighted by atomic mass is 10.1. The number of hydrogen-bond donors (Lipinski definition) is 0. The molecule has 4 rings (SSSR count). The van der Waals surface area contributed by atoms with Gasteiger partial charge >= 0.3 is 5.69 Å². The number of halogens is 1. The van der Waals surface area contributed by atoms with Gasteiger partial charge < -0.3 is 9.64 Å². The number of nitrogens with zero attached hydrogens (tertiary/aromatic N) is 5. The number of hydrogen-bond acceptors (Lipinski definition) is 8. The molecule has 0 aliphatic carbocycles. The number of nitro groups is 1. The fourth-order valence-electron chi connectivity index (χ4n) is 3.96. The van der Waals surface area contributed by atoms with Crippen molar-refractivity contribution in [1.82, 2.24) is 14.2 Å². The van der Waals surface area contributed by atoms with E-state index in [1.165, 1.54) is 0 Å². The first kappa shape index (κ1) is 25.4. The quantitative estimate of drug-likeness (QED) is 0.321. The molecule has 0 N–H and O–H groups in total. The minimum atomic E-state index is -0.942. The second-order valence-electron chi connectivity index (χ2n) is 7.41. The summed E-state index contributed by atoms with van der Waals surface area (Å²) in [5.41, 5.74) is 0.981. The molecular formula is C20H30BrN5O4S2. The number of morpholine rings is 1. The summed E-state index contributed by atoms with van der Waals surface area (Å²) in [5, 5.41) is 12.5. The molecule has 0 radical (unpaired) electrons. The number of thiophene rings is 1. The zero-order valence-electron chi connectivity index (χ0n) is 18.9. The lowest BCUT2D eigenvalue weighted by Gasteiger charge is -2.32. The topological polar surface area (TPSA) is 92.0 Å². The van der Waals surface area contributed by atoms with E-state index < -0.39 is 11.0 Å². The van der Waals surface area contributed by atoms with Crippen LogP contribution in [0.5, 0.6) is 0 Å². The molecule has 9 nitrogen and oxygen atoms in total. The summed E-state index contributed by atoms with van der Waals surface area (Å²) in [6.07, 6.45) is 1.71. The molecule has 1 atom stereocenters. The van der Waals surface area contributed by atoms with Crippen LogP contribution in [-0.4, -0.2) is 82.1 Å². The Bertz CT molecular complexity index is 988. The average molecular weight is 549 g/mol. The van der Waals surface area contributed by atoms with Crippen molar-refractivity contribution in [3.05, 3.63) is 25.2 Å². The highest BCUT2D eigenvalue weighted by atomic mass is 79.9. The highest BCUT2D eigenvalue weighted by Gasteiger charge is 2.30. The molecule has 12 heteroatoms. The third kappa shape index (κ3) is 5.31. The highest BCUT2D eigenvalue weighted by molar-refractivity contribution is 9.10. The van der Waals surface area contributed by atoms with E-state index in [2.05, 4.69) is 30.7 Å². The van der Waals surface area contributed by atoms with Gasteiger partial charge in [0.2, 0.25) is 0 Å². The zero-order valence-corrected chi connectivity index (χ0v) is 22.1. The molecule has 0 amide bonds. The minimum Gasteiger partial charge on any atom is -0.378 e. The Kier molecular flexibility index (Phi) is 8.98. The smallest absolute Gasteiger partial charge is 0.310 e. The normalized spacial score (nSPS) is 19.0. The van der Waals surface area contributed by atoms with Crippen molar-refractivity contribution in [3.8, 4) is 0 Å². The predicted molar refractivity (Wildman–Crippen MR) is 134 cm³/mol. The molecule has 0 spiro atoms. The molecule has 4 heterocycles. The molecule has 1 unspecified atom stereocenters. The number of anilines is 1. The van der Waals surface area contributed by atoms with Crippen LogP contribution in [0.4, 0.5) is 11.5 Å². The van der Waals surface area contributed by atoms with Crippen molar-refractivity contribution in [2.75, 3.05) is 63.6 Å². The van der Waals surface area contributed by atoms with Gasteiger partial charge in [-0.15, -0.1) is 11.3 Å². The Morgan fingerprint density at radius 1 is 1.19 bits per heavy atom. The lowest BCUT2D eigenvalue weighted by Crippen LogP contribution is -2.46. The van der Waals surface area contributed by atoms with Crippen LogP contribution in [0, 0.1) is 17.0 Å². The molecule has 2 aliphatic rings. The van der Waals surface area contributed by atoms with Crippen molar-refractivity contribution in [1.29, 1.82) is 0 Å². The van der Waals surface area contributed by atoms with Gasteiger partial charge in [-0.05, 0) is 28.4 Å². The van der Waals surface area contributed by atoms with E-state index in [1.54, 1.807) is 17.6 Å².